The average Bonchev–Trinajstić information content (AvgIpc) is 3.13. The van der Waals surface area contributed by atoms with Gasteiger partial charge in [0.25, 0.3) is 11.8 Å². The third-order valence-electron chi connectivity index (χ3n) is 4.93. The average molecular weight is 448 g/mol. The second kappa shape index (κ2) is 8.84. The third kappa shape index (κ3) is 5.95. The minimum absolute atomic E-state index is 0.0297. The second-order valence-electron chi connectivity index (χ2n) is 8.83. The molecule has 1 saturated heterocycles. The molecular weight excluding hydrogens is 418 g/mol. The molecule has 2 heterocycles. The molecular formula is C22H29N3O5S. The molecule has 8 nitrogen and oxygen atoms in total. The summed E-state index contributed by atoms with van der Waals surface area (Å²) in [6, 6.07) is 9.31. The number of benzene rings is 1. The fourth-order valence-corrected chi connectivity index (χ4v) is 4.88. The van der Waals surface area contributed by atoms with Crippen LogP contribution in [0.1, 0.15) is 60.3 Å². The molecule has 0 bridgehead atoms. The van der Waals surface area contributed by atoms with Gasteiger partial charge in [0, 0.05) is 30.2 Å². The molecule has 0 atom stereocenters. The highest BCUT2D eigenvalue weighted by atomic mass is 32.2. The number of nitrogens with one attached hydrogen (secondary N) is 2. The van der Waals surface area contributed by atoms with Crippen molar-refractivity contribution in [2.75, 3.05) is 13.1 Å². The lowest BCUT2D eigenvalue weighted by Gasteiger charge is -2.32. The predicted molar refractivity (Wildman–Crippen MR) is 116 cm³/mol. The Kier molecular flexibility index (Phi) is 6.56. The fourth-order valence-electron chi connectivity index (χ4n) is 3.46. The van der Waals surface area contributed by atoms with Crippen LogP contribution in [0, 0.1) is 6.92 Å². The van der Waals surface area contributed by atoms with E-state index in [0.717, 1.165) is 0 Å². The lowest BCUT2D eigenvalue weighted by Crippen LogP contribution is -2.46. The minimum Gasteiger partial charge on any atom is -0.456 e. The van der Waals surface area contributed by atoms with Gasteiger partial charge in [-0.05, 0) is 76.9 Å². The Hall–Kier alpha value is -2.65. The van der Waals surface area contributed by atoms with Crippen molar-refractivity contribution in [2.45, 2.75) is 57.0 Å². The number of aryl methyl sites for hydroxylation is 1. The number of piperidine rings is 1. The van der Waals surface area contributed by atoms with Crippen LogP contribution in [0.5, 0.6) is 0 Å². The van der Waals surface area contributed by atoms with Crippen molar-refractivity contribution in [1.29, 1.82) is 0 Å². The maximum Gasteiger partial charge on any atom is 0.287 e. The summed E-state index contributed by atoms with van der Waals surface area (Å²) < 4.78 is 32.8. The second-order valence-corrected chi connectivity index (χ2v) is 10.5. The van der Waals surface area contributed by atoms with Gasteiger partial charge >= 0.3 is 0 Å². The standard InChI is InChI=1S/C22H29N3O5S/c1-15-5-10-19(30-15)20(26)23-17-11-13-25(14-12-17)21(27)16-6-8-18(9-7-16)31(28,29)24-22(2,3)4/h5-10,17,24H,11-14H2,1-4H3,(H,23,26). The Morgan fingerprint density at radius 1 is 1.03 bits per heavy atom. The molecule has 1 aliphatic rings. The van der Waals surface area contributed by atoms with Gasteiger partial charge in [-0.2, -0.15) is 0 Å². The summed E-state index contributed by atoms with van der Waals surface area (Å²) in [5, 5.41) is 2.95. The summed E-state index contributed by atoms with van der Waals surface area (Å²) in [7, 11) is -3.65. The largest absolute Gasteiger partial charge is 0.456 e. The van der Waals surface area contributed by atoms with Crippen LogP contribution in [0.4, 0.5) is 0 Å². The molecule has 1 fully saturated rings. The van der Waals surface area contributed by atoms with Gasteiger partial charge < -0.3 is 14.6 Å². The van der Waals surface area contributed by atoms with Crippen LogP contribution < -0.4 is 10.0 Å². The Balaban J connectivity index is 1.56. The van der Waals surface area contributed by atoms with Gasteiger partial charge in [0.15, 0.2) is 5.76 Å². The molecule has 1 aromatic carbocycles. The highest BCUT2D eigenvalue weighted by molar-refractivity contribution is 7.89. The predicted octanol–water partition coefficient (Wildman–Crippen LogP) is 2.70. The first-order valence-electron chi connectivity index (χ1n) is 10.3. The number of sulfonamides is 1. The van der Waals surface area contributed by atoms with Gasteiger partial charge in [0.05, 0.1) is 4.90 Å². The molecule has 1 aromatic heterocycles. The van der Waals surface area contributed by atoms with Crippen molar-refractivity contribution >= 4 is 21.8 Å². The molecule has 2 aromatic rings. The summed E-state index contributed by atoms with van der Waals surface area (Å²) in [4.78, 5) is 26.9. The molecule has 3 rings (SSSR count). The van der Waals surface area contributed by atoms with Crippen molar-refractivity contribution < 1.29 is 22.4 Å². The first-order valence-corrected chi connectivity index (χ1v) is 11.7. The smallest absolute Gasteiger partial charge is 0.287 e. The Bertz CT molecular complexity index is 1040. The molecule has 31 heavy (non-hydrogen) atoms. The van der Waals surface area contributed by atoms with Crippen LogP contribution in [0.3, 0.4) is 0 Å². The highest BCUT2D eigenvalue weighted by Crippen LogP contribution is 2.18. The summed E-state index contributed by atoms with van der Waals surface area (Å²) in [6.45, 7) is 8.10. The number of furan rings is 1. The summed E-state index contributed by atoms with van der Waals surface area (Å²) in [6.07, 6.45) is 1.28. The maximum atomic E-state index is 12.8. The number of nitrogens with zero attached hydrogens (tertiary/aromatic N) is 1. The van der Waals surface area contributed by atoms with Gasteiger partial charge in [-0.25, -0.2) is 13.1 Å². The number of rotatable bonds is 5. The van der Waals surface area contributed by atoms with E-state index in [0.29, 0.717) is 37.3 Å². The normalized spacial score (nSPS) is 15.7. The van der Waals surface area contributed by atoms with Crippen molar-refractivity contribution in [3.8, 4) is 0 Å². The zero-order valence-corrected chi connectivity index (χ0v) is 19.1. The van der Waals surface area contributed by atoms with Crippen molar-refractivity contribution in [2.24, 2.45) is 0 Å². The zero-order chi connectivity index (χ0) is 22.8. The molecule has 0 aliphatic carbocycles. The third-order valence-corrected chi connectivity index (χ3v) is 6.71. The maximum absolute atomic E-state index is 12.8. The summed E-state index contributed by atoms with van der Waals surface area (Å²) in [5.74, 6) is 0.559. The van der Waals surface area contributed by atoms with Crippen LogP contribution in [-0.2, 0) is 10.0 Å². The van der Waals surface area contributed by atoms with E-state index in [9.17, 15) is 18.0 Å². The van der Waals surface area contributed by atoms with E-state index in [1.807, 2.05) is 0 Å². The molecule has 2 amide bonds. The van der Waals surface area contributed by atoms with Gasteiger partial charge in [-0.3, -0.25) is 9.59 Å². The number of carbonyl (C=O) groups is 2. The van der Waals surface area contributed by atoms with Crippen molar-refractivity contribution in [3.05, 3.63) is 53.5 Å². The quantitative estimate of drug-likeness (QED) is 0.733. The number of carbonyl (C=O) groups excluding carboxylic acids is 2. The van der Waals surface area contributed by atoms with Gasteiger partial charge in [-0.1, -0.05) is 0 Å². The van der Waals surface area contributed by atoms with Gasteiger partial charge in [0.2, 0.25) is 10.0 Å². The lowest BCUT2D eigenvalue weighted by atomic mass is 10.0. The number of likely N-dealkylation sites (tertiary alicyclic amines) is 1. The first-order chi connectivity index (χ1) is 14.4. The number of hydrogen-bond donors (Lipinski definition) is 2. The molecule has 0 saturated carbocycles. The van der Waals surface area contributed by atoms with E-state index in [1.165, 1.54) is 24.3 Å². The van der Waals surface area contributed by atoms with E-state index in [4.69, 9.17) is 4.42 Å². The first kappa shape index (κ1) is 23.0. The fraction of sp³-hybridized carbons (Fsp3) is 0.455. The SMILES string of the molecule is Cc1ccc(C(=O)NC2CCN(C(=O)c3ccc(S(=O)(=O)NC(C)(C)C)cc3)CC2)o1. The Labute approximate surface area is 183 Å². The molecule has 0 radical (unpaired) electrons. The Morgan fingerprint density at radius 2 is 1.65 bits per heavy atom. The number of hydrogen-bond acceptors (Lipinski definition) is 5. The molecule has 1 aliphatic heterocycles. The van der Waals surface area contributed by atoms with E-state index < -0.39 is 15.6 Å². The van der Waals surface area contributed by atoms with E-state index >= 15 is 0 Å². The molecule has 168 valence electrons. The van der Waals surface area contributed by atoms with E-state index in [1.54, 1.807) is 44.7 Å². The highest BCUT2D eigenvalue weighted by Gasteiger charge is 2.26. The Morgan fingerprint density at radius 3 is 2.16 bits per heavy atom. The van der Waals surface area contributed by atoms with Crippen LogP contribution in [0.2, 0.25) is 0 Å². The van der Waals surface area contributed by atoms with Crippen LogP contribution in [0.25, 0.3) is 0 Å². The molecule has 0 unspecified atom stereocenters. The monoisotopic (exact) mass is 447 g/mol. The number of amides is 2. The van der Waals surface area contributed by atoms with E-state index in [-0.39, 0.29) is 28.5 Å². The lowest BCUT2D eigenvalue weighted by molar-refractivity contribution is 0.0695. The van der Waals surface area contributed by atoms with E-state index in [2.05, 4.69) is 10.0 Å². The molecule has 0 spiro atoms. The van der Waals surface area contributed by atoms with Crippen LogP contribution >= 0.6 is 0 Å². The van der Waals surface area contributed by atoms with Crippen molar-refractivity contribution in [1.82, 2.24) is 14.9 Å². The minimum atomic E-state index is -3.65. The van der Waals surface area contributed by atoms with Gasteiger partial charge in [0.1, 0.15) is 5.76 Å². The van der Waals surface area contributed by atoms with Crippen molar-refractivity contribution in [3.63, 3.8) is 0 Å². The summed E-state index contributed by atoms with van der Waals surface area (Å²) >= 11 is 0. The van der Waals surface area contributed by atoms with Gasteiger partial charge in [-0.15, -0.1) is 0 Å². The van der Waals surface area contributed by atoms with Crippen LogP contribution in [0.15, 0.2) is 45.7 Å². The topological polar surface area (TPSA) is 109 Å². The summed E-state index contributed by atoms with van der Waals surface area (Å²) in [5.41, 5.74) is -0.161. The van der Waals surface area contributed by atoms with Crippen LogP contribution in [-0.4, -0.2) is 49.8 Å². The zero-order valence-electron chi connectivity index (χ0n) is 18.3. The molecule has 9 heteroatoms. The molecule has 2 N–H and O–H groups in total.